The maximum atomic E-state index is 12.6. The number of aliphatic hydroxyl groups is 1. The molecular formula is C20H30O3. The van der Waals surface area contributed by atoms with Gasteiger partial charge in [-0.15, -0.1) is 0 Å². The number of ether oxygens (including phenoxy) is 1. The van der Waals surface area contributed by atoms with E-state index in [1.165, 1.54) is 25.7 Å². The zero-order valence-electron chi connectivity index (χ0n) is 14.9. The van der Waals surface area contributed by atoms with Crippen molar-refractivity contribution in [2.24, 2.45) is 34.0 Å². The molecule has 3 heteroatoms. The van der Waals surface area contributed by atoms with Crippen LogP contribution < -0.4 is 0 Å². The second-order valence-corrected chi connectivity index (χ2v) is 10.4. The fourth-order valence-corrected chi connectivity index (χ4v) is 8.28. The predicted molar refractivity (Wildman–Crippen MR) is 86.8 cm³/mol. The Bertz CT molecular complexity index is 598. The standard InChI is InChI=1S/C20H30O3/c1-17(2)13-7-8-20-9-11(19(4)16(20)23-19)5-6-14(20)18(13,3)10-12(21)15(17)22/h11,13-16,22H,5-10H2,1-4H3/t11-,13-,14+,15+,16+,18-,19+,20-/m1/s1. The second kappa shape index (κ2) is 3.88. The largest absolute Gasteiger partial charge is 0.385 e. The maximum Gasteiger partial charge on any atom is 0.162 e. The van der Waals surface area contributed by atoms with Crippen LogP contribution in [0.2, 0.25) is 0 Å². The fraction of sp³-hybridized carbons (Fsp3) is 0.950. The smallest absolute Gasteiger partial charge is 0.162 e. The maximum absolute atomic E-state index is 12.6. The number of epoxide rings is 1. The molecule has 128 valence electrons. The molecule has 2 bridgehead atoms. The number of carbonyl (C=O) groups excluding carboxylic acids is 1. The van der Waals surface area contributed by atoms with E-state index < -0.39 is 6.10 Å². The van der Waals surface area contributed by atoms with Gasteiger partial charge in [0.15, 0.2) is 5.78 Å². The van der Waals surface area contributed by atoms with Crippen LogP contribution in [0.15, 0.2) is 0 Å². The third-order valence-electron chi connectivity index (χ3n) is 9.25. The van der Waals surface area contributed by atoms with E-state index in [1.54, 1.807) is 0 Å². The lowest BCUT2D eigenvalue weighted by Gasteiger charge is -2.64. The van der Waals surface area contributed by atoms with Crippen molar-refractivity contribution in [2.45, 2.75) is 84.0 Å². The Balaban J connectivity index is 1.60. The summed E-state index contributed by atoms with van der Waals surface area (Å²) < 4.78 is 6.26. The van der Waals surface area contributed by atoms with Gasteiger partial charge in [-0.2, -0.15) is 0 Å². The van der Waals surface area contributed by atoms with Crippen molar-refractivity contribution < 1.29 is 14.6 Å². The highest BCUT2D eigenvalue weighted by atomic mass is 16.6. The van der Waals surface area contributed by atoms with Crippen molar-refractivity contribution in [3.8, 4) is 0 Å². The van der Waals surface area contributed by atoms with E-state index in [2.05, 4.69) is 27.7 Å². The normalized spacial score (nSPS) is 62.3. The van der Waals surface area contributed by atoms with E-state index >= 15 is 0 Å². The number of Topliss-reactive ketones (excluding diaryl/α,β-unsaturated/α-hetero) is 1. The Morgan fingerprint density at radius 1 is 1.09 bits per heavy atom. The SMILES string of the molecule is CC1(C)[C@H]2CC[C@@]34C[C@@H](CC[C@H]3[C@]2(C)CC(=O)[C@@H]1O)[C@]1(C)O[C@H]41. The van der Waals surface area contributed by atoms with Gasteiger partial charge in [-0.05, 0) is 62.2 Å². The van der Waals surface area contributed by atoms with Gasteiger partial charge in [-0.3, -0.25) is 4.79 Å². The Morgan fingerprint density at radius 3 is 2.57 bits per heavy atom. The van der Waals surface area contributed by atoms with Crippen LogP contribution in [0.25, 0.3) is 0 Å². The number of carbonyl (C=O) groups is 1. The first-order valence-corrected chi connectivity index (χ1v) is 9.55. The molecular weight excluding hydrogens is 288 g/mol. The van der Waals surface area contributed by atoms with Crippen LogP contribution in [0.1, 0.15) is 66.2 Å². The molecule has 0 unspecified atom stereocenters. The quantitative estimate of drug-likeness (QED) is 0.697. The highest BCUT2D eigenvalue weighted by Crippen LogP contribution is 2.77. The van der Waals surface area contributed by atoms with E-state index in [4.69, 9.17) is 4.74 Å². The summed E-state index contributed by atoms with van der Waals surface area (Å²) in [4.78, 5) is 12.6. The van der Waals surface area contributed by atoms with E-state index in [0.29, 0.717) is 29.8 Å². The Morgan fingerprint density at radius 2 is 1.83 bits per heavy atom. The van der Waals surface area contributed by atoms with Crippen molar-refractivity contribution in [3.05, 3.63) is 0 Å². The van der Waals surface area contributed by atoms with E-state index in [1.807, 2.05) is 0 Å². The van der Waals surface area contributed by atoms with Gasteiger partial charge in [-0.25, -0.2) is 0 Å². The van der Waals surface area contributed by atoms with Gasteiger partial charge in [0.2, 0.25) is 0 Å². The summed E-state index contributed by atoms with van der Waals surface area (Å²) in [7, 11) is 0. The molecule has 3 nitrogen and oxygen atoms in total. The fourth-order valence-electron chi connectivity index (χ4n) is 8.28. The van der Waals surface area contributed by atoms with Crippen molar-refractivity contribution in [1.82, 2.24) is 0 Å². The minimum Gasteiger partial charge on any atom is -0.385 e. The summed E-state index contributed by atoms with van der Waals surface area (Å²) in [5, 5.41) is 10.5. The summed E-state index contributed by atoms with van der Waals surface area (Å²) in [6, 6.07) is 0. The van der Waals surface area contributed by atoms with Crippen LogP contribution in [0.3, 0.4) is 0 Å². The topological polar surface area (TPSA) is 49.8 Å². The number of aliphatic hydroxyl groups excluding tert-OH is 1. The van der Waals surface area contributed by atoms with Crippen LogP contribution in [-0.2, 0) is 9.53 Å². The van der Waals surface area contributed by atoms with Gasteiger partial charge in [0.25, 0.3) is 0 Å². The van der Waals surface area contributed by atoms with Crippen molar-refractivity contribution in [3.63, 3.8) is 0 Å². The summed E-state index contributed by atoms with van der Waals surface area (Å²) in [5.74, 6) is 1.85. The summed E-state index contributed by atoms with van der Waals surface area (Å²) in [6.07, 6.45) is 6.45. The Hall–Kier alpha value is -0.410. The Labute approximate surface area is 139 Å². The molecule has 1 N–H and O–H groups in total. The van der Waals surface area contributed by atoms with Crippen molar-refractivity contribution in [2.75, 3.05) is 0 Å². The lowest BCUT2D eigenvalue weighted by atomic mass is 9.40. The van der Waals surface area contributed by atoms with Crippen molar-refractivity contribution in [1.29, 1.82) is 0 Å². The highest BCUT2D eigenvalue weighted by molar-refractivity contribution is 5.85. The number of ketones is 1. The molecule has 5 aliphatic rings. The molecule has 23 heavy (non-hydrogen) atoms. The van der Waals surface area contributed by atoms with Gasteiger partial charge >= 0.3 is 0 Å². The summed E-state index contributed by atoms with van der Waals surface area (Å²) in [6.45, 7) is 8.93. The third kappa shape index (κ3) is 1.45. The second-order valence-electron chi connectivity index (χ2n) is 10.4. The molecule has 0 radical (unpaired) electrons. The number of fused-ring (bicyclic) bond motifs is 5. The molecule has 0 aromatic carbocycles. The number of rotatable bonds is 0. The number of hydrogen-bond acceptors (Lipinski definition) is 3. The van der Waals surface area contributed by atoms with Gasteiger partial charge in [0.1, 0.15) is 6.10 Å². The summed E-state index contributed by atoms with van der Waals surface area (Å²) in [5.41, 5.74) is 0.211. The molecule has 1 spiro atoms. The molecule has 1 aliphatic heterocycles. The monoisotopic (exact) mass is 318 g/mol. The zero-order valence-corrected chi connectivity index (χ0v) is 14.9. The molecule has 0 amide bonds. The average Bonchev–Trinajstić information content (AvgIpc) is 3.14. The van der Waals surface area contributed by atoms with Gasteiger partial charge in [0, 0.05) is 17.3 Å². The van der Waals surface area contributed by atoms with Crippen LogP contribution in [0.4, 0.5) is 0 Å². The first-order valence-electron chi connectivity index (χ1n) is 9.55. The van der Waals surface area contributed by atoms with E-state index in [-0.39, 0.29) is 22.2 Å². The lowest BCUT2D eigenvalue weighted by Crippen LogP contribution is -2.63. The summed E-state index contributed by atoms with van der Waals surface area (Å²) >= 11 is 0. The van der Waals surface area contributed by atoms with Gasteiger partial charge in [0.05, 0.1) is 11.7 Å². The van der Waals surface area contributed by atoms with E-state index in [0.717, 1.165) is 12.3 Å². The highest BCUT2D eigenvalue weighted by Gasteiger charge is 2.79. The first-order chi connectivity index (χ1) is 10.7. The zero-order chi connectivity index (χ0) is 16.4. The van der Waals surface area contributed by atoms with Gasteiger partial charge < -0.3 is 9.84 Å². The Kier molecular flexibility index (Phi) is 2.51. The molecule has 5 rings (SSSR count). The lowest BCUT2D eigenvalue weighted by molar-refractivity contribution is -0.193. The molecule has 0 aromatic heterocycles. The van der Waals surface area contributed by atoms with Crippen molar-refractivity contribution >= 4 is 5.78 Å². The molecule has 4 aliphatic carbocycles. The first kappa shape index (κ1) is 14.9. The van der Waals surface area contributed by atoms with Crippen LogP contribution in [-0.4, -0.2) is 28.7 Å². The minimum absolute atomic E-state index is 0.0419. The molecule has 1 heterocycles. The molecule has 1 saturated heterocycles. The van der Waals surface area contributed by atoms with Crippen LogP contribution >= 0.6 is 0 Å². The minimum atomic E-state index is -0.781. The average molecular weight is 318 g/mol. The number of hydrogen-bond donors (Lipinski definition) is 1. The molecule has 8 atom stereocenters. The molecule has 0 aromatic rings. The van der Waals surface area contributed by atoms with Crippen LogP contribution in [0.5, 0.6) is 0 Å². The van der Waals surface area contributed by atoms with Gasteiger partial charge in [-0.1, -0.05) is 20.8 Å². The third-order valence-corrected chi connectivity index (χ3v) is 9.25. The molecule has 4 saturated carbocycles. The van der Waals surface area contributed by atoms with Crippen LogP contribution in [0, 0.1) is 34.0 Å². The molecule has 5 fully saturated rings. The van der Waals surface area contributed by atoms with E-state index in [9.17, 15) is 9.90 Å². The predicted octanol–water partition coefficient (Wildman–Crippen LogP) is 3.34.